The summed E-state index contributed by atoms with van der Waals surface area (Å²) in [5.74, 6) is 0.251. The minimum atomic E-state index is -3.80. The summed E-state index contributed by atoms with van der Waals surface area (Å²) in [6.45, 7) is 0.957. The smallest absolute Gasteiger partial charge is 0.261 e. The van der Waals surface area contributed by atoms with E-state index in [1.807, 2.05) is 19.0 Å². The fourth-order valence-electron chi connectivity index (χ4n) is 3.49. The van der Waals surface area contributed by atoms with Gasteiger partial charge in [0, 0.05) is 24.3 Å². The van der Waals surface area contributed by atoms with Crippen LogP contribution in [0.25, 0.3) is 10.2 Å². The molecule has 3 aromatic carbocycles. The summed E-state index contributed by atoms with van der Waals surface area (Å²) in [5, 5.41) is 0.991. The minimum Gasteiger partial charge on any atom is -0.494 e. The number of rotatable bonds is 9. The average molecular weight is 545 g/mol. The van der Waals surface area contributed by atoms with E-state index in [2.05, 4.69) is 9.71 Å². The number of amides is 1. The molecule has 0 bridgehead atoms. The number of fused-ring (bicyclic) bond motifs is 1. The molecule has 8 nitrogen and oxygen atoms in total. The van der Waals surface area contributed by atoms with Crippen LogP contribution in [0.5, 0.6) is 5.75 Å². The number of nitrogens with zero attached hydrogens (tertiary/aromatic N) is 3. The van der Waals surface area contributed by atoms with E-state index >= 15 is 0 Å². The molecule has 1 heterocycles. The normalized spacial score (nSPS) is 11.6. The number of benzene rings is 3. The number of aromatic nitrogens is 1. The summed E-state index contributed by atoms with van der Waals surface area (Å²) in [6, 6.07) is 17.9. The molecule has 1 N–H and O–H groups in total. The van der Waals surface area contributed by atoms with Gasteiger partial charge in [-0.05, 0) is 56.6 Å². The van der Waals surface area contributed by atoms with Gasteiger partial charge in [0.25, 0.3) is 15.9 Å². The van der Waals surface area contributed by atoms with Crippen molar-refractivity contribution < 1.29 is 17.9 Å². The second-order valence-electron chi connectivity index (χ2n) is 8.18. The molecule has 0 fully saturated rings. The van der Waals surface area contributed by atoms with Gasteiger partial charge >= 0.3 is 0 Å². The molecule has 36 heavy (non-hydrogen) atoms. The maximum absolute atomic E-state index is 13.7. The fourth-order valence-corrected chi connectivity index (χ4v) is 5.84. The maximum Gasteiger partial charge on any atom is 0.261 e. The molecule has 0 saturated heterocycles. The molecular weight excluding hydrogens is 520 g/mol. The number of methoxy groups -OCH3 is 1. The second kappa shape index (κ2) is 10.8. The lowest BCUT2D eigenvalue weighted by molar-refractivity contribution is 0.0985. The molecule has 1 amide bonds. The van der Waals surface area contributed by atoms with Crippen molar-refractivity contribution in [2.45, 2.75) is 4.90 Å². The number of nitrogens with one attached hydrogen (secondary N) is 1. The third kappa shape index (κ3) is 5.62. The van der Waals surface area contributed by atoms with Gasteiger partial charge in [-0.2, -0.15) is 0 Å². The average Bonchev–Trinajstić information content (AvgIpc) is 3.31. The van der Waals surface area contributed by atoms with Crippen molar-refractivity contribution in [3.05, 3.63) is 77.3 Å². The highest BCUT2D eigenvalue weighted by molar-refractivity contribution is 7.92. The lowest BCUT2D eigenvalue weighted by Gasteiger charge is -2.22. The molecule has 0 unspecified atom stereocenters. The first-order valence-electron chi connectivity index (χ1n) is 11.0. The van der Waals surface area contributed by atoms with E-state index in [9.17, 15) is 13.2 Å². The highest BCUT2D eigenvalue weighted by atomic mass is 35.5. The number of hydrogen-bond acceptors (Lipinski definition) is 7. The number of carbonyl (C=O) groups excluding carboxylic acids is 1. The van der Waals surface area contributed by atoms with Crippen molar-refractivity contribution in [1.29, 1.82) is 0 Å². The van der Waals surface area contributed by atoms with Crippen LogP contribution in [0, 0.1) is 0 Å². The Kier molecular flexibility index (Phi) is 7.79. The summed E-state index contributed by atoms with van der Waals surface area (Å²) in [6.07, 6.45) is 0. The Labute approximate surface area is 219 Å². The number of carbonyl (C=O) groups is 1. The van der Waals surface area contributed by atoms with Crippen LogP contribution in [0.3, 0.4) is 0 Å². The van der Waals surface area contributed by atoms with Crippen LogP contribution >= 0.6 is 22.9 Å². The van der Waals surface area contributed by atoms with Crippen LogP contribution in [0.2, 0.25) is 5.02 Å². The van der Waals surface area contributed by atoms with Crippen molar-refractivity contribution >= 4 is 59.9 Å². The predicted molar refractivity (Wildman–Crippen MR) is 145 cm³/mol. The Hall–Kier alpha value is -3.18. The van der Waals surface area contributed by atoms with E-state index in [4.69, 9.17) is 16.3 Å². The summed E-state index contributed by atoms with van der Waals surface area (Å²) in [5.41, 5.74) is 1.18. The largest absolute Gasteiger partial charge is 0.494 e. The van der Waals surface area contributed by atoms with Crippen molar-refractivity contribution in [3.8, 4) is 5.75 Å². The molecular formula is C25H25ClN4O4S2. The monoisotopic (exact) mass is 544 g/mol. The molecule has 0 spiro atoms. The van der Waals surface area contributed by atoms with Gasteiger partial charge < -0.3 is 9.64 Å². The van der Waals surface area contributed by atoms with E-state index in [1.54, 1.807) is 60.5 Å². The highest BCUT2D eigenvalue weighted by Gasteiger charge is 2.24. The van der Waals surface area contributed by atoms with Gasteiger partial charge in [-0.15, -0.1) is 0 Å². The first-order valence-corrected chi connectivity index (χ1v) is 13.6. The van der Waals surface area contributed by atoms with Crippen LogP contribution in [-0.2, 0) is 10.0 Å². The maximum atomic E-state index is 13.7. The Balaban J connectivity index is 1.69. The first kappa shape index (κ1) is 25.9. The molecule has 0 aliphatic heterocycles. The number of anilines is 2. The lowest BCUT2D eigenvalue weighted by atomic mass is 10.2. The Morgan fingerprint density at radius 3 is 2.50 bits per heavy atom. The van der Waals surface area contributed by atoms with Crippen molar-refractivity contribution in [2.24, 2.45) is 0 Å². The number of hydrogen-bond donors (Lipinski definition) is 1. The third-order valence-corrected chi connectivity index (χ3v) is 8.27. The Morgan fingerprint density at radius 1 is 1.06 bits per heavy atom. The van der Waals surface area contributed by atoms with Crippen molar-refractivity contribution in [3.63, 3.8) is 0 Å². The molecule has 1 aromatic heterocycles. The number of thiazole rings is 1. The molecule has 0 radical (unpaired) electrons. The van der Waals surface area contributed by atoms with Gasteiger partial charge in [0.15, 0.2) is 5.13 Å². The zero-order chi connectivity index (χ0) is 25.9. The zero-order valence-corrected chi connectivity index (χ0v) is 22.3. The summed E-state index contributed by atoms with van der Waals surface area (Å²) in [4.78, 5) is 22.0. The molecule has 0 aliphatic carbocycles. The lowest BCUT2D eigenvalue weighted by Crippen LogP contribution is -2.36. The van der Waals surface area contributed by atoms with Gasteiger partial charge in [-0.25, -0.2) is 13.4 Å². The number of ether oxygens (including phenoxy) is 1. The standard InChI is InChI=1S/C25H25ClN4O4S2/c1-29(2)14-15-30(25-27-22-21(34-3)13-12-20(26)23(22)35-25)24(31)17-8-7-9-18(16-17)28-36(32,33)19-10-5-4-6-11-19/h4-13,16,28H,14-15H2,1-3H3. The van der Waals surface area contributed by atoms with Gasteiger partial charge in [-0.1, -0.05) is 47.2 Å². The van der Waals surface area contributed by atoms with E-state index in [0.29, 0.717) is 40.1 Å². The number of likely N-dealkylation sites (N-methyl/N-ethyl adjacent to an activating group) is 1. The second-order valence-corrected chi connectivity index (χ2v) is 11.3. The summed E-state index contributed by atoms with van der Waals surface area (Å²) in [7, 11) is 1.59. The predicted octanol–water partition coefficient (Wildman–Crippen LogP) is 4.97. The highest BCUT2D eigenvalue weighted by Crippen LogP contribution is 2.39. The van der Waals surface area contributed by atoms with E-state index in [0.717, 1.165) is 4.70 Å². The van der Waals surface area contributed by atoms with Crippen molar-refractivity contribution in [1.82, 2.24) is 9.88 Å². The van der Waals surface area contributed by atoms with Crippen LogP contribution in [0.4, 0.5) is 10.8 Å². The molecule has 11 heteroatoms. The van der Waals surface area contributed by atoms with Crippen LogP contribution in [-0.4, -0.2) is 58.5 Å². The minimum absolute atomic E-state index is 0.134. The first-order chi connectivity index (χ1) is 17.2. The van der Waals surface area contributed by atoms with Gasteiger partial charge in [0.05, 0.1) is 21.7 Å². The topological polar surface area (TPSA) is 91.8 Å². The van der Waals surface area contributed by atoms with Crippen LogP contribution < -0.4 is 14.4 Å². The zero-order valence-electron chi connectivity index (χ0n) is 19.9. The van der Waals surface area contributed by atoms with E-state index in [1.165, 1.54) is 29.5 Å². The molecule has 0 aliphatic rings. The van der Waals surface area contributed by atoms with E-state index < -0.39 is 10.0 Å². The quantitative estimate of drug-likeness (QED) is 0.320. The molecule has 4 rings (SSSR count). The van der Waals surface area contributed by atoms with E-state index in [-0.39, 0.29) is 16.5 Å². The van der Waals surface area contributed by atoms with Crippen LogP contribution in [0.1, 0.15) is 10.4 Å². The Bertz CT molecular complexity index is 1490. The molecule has 188 valence electrons. The van der Waals surface area contributed by atoms with Gasteiger partial charge in [0.2, 0.25) is 0 Å². The summed E-state index contributed by atoms with van der Waals surface area (Å²) < 4.78 is 34.2. The van der Waals surface area contributed by atoms with Gasteiger partial charge in [-0.3, -0.25) is 14.4 Å². The fraction of sp³-hybridized carbons (Fsp3) is 0.200. The van der Waals surface area contributed by atoms with Crippen LogP contribution in [0.15, 0.2) is 71.6 Å². The summed E-state index contributed by atoms with van der Waals surface area (Å²) >= 11 is 7.70. The van der Waals surface area contributed by atoms with Crippen molar-refractivity contribution in [2.75, 3.05) is 43.9 Å². The molecule has 4 aromatic rings. The third-order valence-electron chi connectivity index (χ3n) is 5.33. The van der Waals surface area contributed by atoms with Gasteiger partial charge in [0.1, 0.15) is 11.3 Å². The molecule has 0 atom stereocenters. The number of sulfonamides is 1. The SMILES string of the molecule is COc1ccc(Cl)c2sc(N(CCN(C)C)C(=O)c3cccc(NS(=O)(=O)c4ccccc4)c3)nc12. The number of halogens is 1. The Morgan fingerprint density at radius 2 is 1.81 bits per heavy atom. The molecule has 0 saturated carbocycles.